The minimum Gasteiger partial charge on any atom is -0.497 e. The summed E-state index contributed by atoms with van der Waals surface area (Å²) < 4.78 is 5.25. The fourth-order valence-electron chi connectivity index (χ4n) is 2.89. The molecule has 1 amide bonds. The Balaban J connectivity index is 1.59. The van der Waals surface area contributed by atoms with Gasteiger partial charge in [0, 0.05) is 39.3 Å². The molecule has 1 saturated heterocycles. The minimum absolute atomic E-state index is 0.242. The highest BCUT2D eigenvalue weighted by molar-refractivity contribution is 5.78. The smallest absolute Gasteiger partial charge is 0.236 e. The van der Waals surface area contributed by atoms with Gasteiger partial charge in [-0.3, -0.25) is 9.69 Å². The molecule has 0 radical (unpaired) electrons. The van der Waals surface area contributed by atoms with Crippen LogP contribution in [-0.2, 0) is 17.9 Å². The normalized spacial score (nSPS) is 18.9. The van der Waals surface area contributed by atoms with Crippen LogP contribution in [0.25, 0.3) is 0 Å². The Labute approximate surface area is 119 Å². The van der Waals surface area contributed by atoms with Crippen LogP contribution in [0, 0.1) is 0 Å². The van der Waals surface area contributed by atoms with Gasteiger partial charge in [-0.25, -0.2) is 0 Å². The van der Waals surface area contributed by atoms with E-state index in [4.69, 9.17) is 4.74 Å². The predicted octanol–water partition coefficient (Wildman–Crippen LogP) is 0.443. The maximum Gasteiger partial charge on any atom is 0.236 e. The molecule has 1 N–H and O–H groups in total. The summed E-state index contributed by atoms with van der Waals surface area (Å²) in [5.74, 6) is 1.13. The number of ether oxygens (including phenoxy) is 1. The van der Waals surface area contributed by atoms with Gasteiger partial charge in [-0.15, -0.1) is 0 Å². The van der Waals surface area contributed by atoms with Crippen LogP contribution in [0.3, 0.4) is 0 Å². The molecular weight excluding hydrogens is 254 g/mol. The number of rotatable bonds is 3. The molecule has 108 valence electrons. The lowest BCUT2D eigenvalue weighted by Gasteiger charge is -2.29. The van der Waals surface area contributed by atoms with Crippen molar-refractivity contribution in [2.45, 2.75) is 13.1 Å². The van der Waals surface area contributed by atoms with Crippen LogP contribution in [-0.4, -0.2) is 55.5 Å². The van der Waals surface area contributed by atoms with Gasteiger partial charge in [-0.2, -0.15) is 0 Å². The van der Waals surface area contributed by atoms with Gasteiger partial charge >= 0.3 is 0 Å². The van der Waals surface area contributed by atoms with Crippen molar-refractivity contribution in [3.8, 4) is 5.75 Å². The molecule has 0 unspecified atom stereocenters. The van der Waals surface area contributed by atoms with Gasteiger partial charge in [-0.05, 0) is 23.3 Å². The summed E-state index contributed by atoms with van der Waals surface area (Å²) in [5.41, 5.74) is 2.58. The van der Waals surface area contributed by atoms with E-state index in [-0.39, 0.29) is 5.91 Å². The summed E-state index contributed by atoms with van der Waals surface area (Å²) in [4.78, 5) is 16.4. The maximum absolute atomic E-state index is 12.3. The molecular formula is C15H21N3O2. The molecule has 5 nitrogen and oxygen atoms in total. The van der Waals surface area contributed by atoms with E-state index in [2.05, 4.69) is 22.3 Å². The van der Waals surface area contributed by atoms with Crippen LogP contribution < -0.4 is 10.1 Å². The molecule has 1 aromatic rings. The van der Waals surface area contributed by atoms with E-state index in [0.717, 1.165) is 45.0 Å². The molecule has 5 heteroatoms. The summed E-state index contributed by atoms with van der Waals surface area (Å²) in [7, 11) is 1.68. The van der Waals surface area contributed by atoms with Gasteiger partial charge in [0.1, 0.15) is 5.75 Å². The third-order valence-corrected chi connectivity index (χ3v) is 4.03. The van der Waals surface area contributed by atoms with E-state index < -0.39 is 0 Å². The van der Waals surface area contributed by atoms with Crippen LogP contribution >= 0.6 is 0 Å². The van der Waals surface area contributed by atoms with E-state index in [1.807, 2.05) is 11.0 Å². The Morgan fingerprint density at radius 1 is 1.25 bits per heavy atom. The summed E-state index contributed by atoms with van der Waals surface area (Å²) in [6.45, 7) is 5.67. The molecule has 0 aliphatic carbocycles. The lowest BCUT2D eigenvalue weighted by atomic mass is 10.1. The van der Waals surface area contributed by atoms with Gasteiger partial charge in [-0.1, -0.05) is 6.07 Å². The highest BCUT2D eigenvalue weighted by Gasteiger charge is 2.24. The van der Waals surface area contributed by atoms with Crippen molar-refractivity contribution in [1.82, 2.24) is 15.1 Å². The first kappa shape index (κ1) is 13.4. The molecule has 0 spiro atoms. The highest BCUT2D eigenvalue weighted by Crippen LogP contribution is 2.26. The Hall–Kier alpha value is -1.59. The lowest BCUT2D eigenvalue weighted by Crippen LogP contribution is -2.49. The van der Waals surface area contributed by atoms with Crippen LogP contribution in [0.2, 0.25) is 0 Å². The summed E-state index contributed by atoms with van der Waals surface area (Å²) in [6, 6.07) is 6.16. The van der Waals surface area contributed by atoms with Crippen molar-refractivity contribution in [1.29, 1.82) is 0 Å². The van der Waals surface area contributed by atoms with Gasteiger partial charge in [0.05, 0.1) is 13.7 Å². The maximum atomic E-state index is 12.3. The second-order valence-corrected chi connectivity index (χ2v) is 5.41. The SMILES string of the molecule is COc1ccc2c(c1)CN(CC(=O)N1CCNCC1)C2. The molecule has 2 aliphatic rings. The lowest BCUT2D eigenvalue weighted by molar-refractivity contribution is -0.133. The Bertz CT molecular complexity index is 498. The van der Waals surface area contributed by atoms with Crippen LogP contribution in [0.1, 0.15) is 11.1 Å². The number of amides is 1. The van der Waals surface area contributed by atoms with E-state index in [0.29, 0.717) is 6.54 Å². The largest absolute Gasteiger partial charge is 0.497 e. The van der Waals surface area contributed by atoms with Crippen molar-refractivity contribution >= 4 is 5.91 Å². The van der Waals surface area contributed by atoms with Gasteiger partial charge in [0.2, 0.25) is 5.91 Å². The van der Waals surface area contributed by atoms with Crippen molar-refractivity contribution in [2.75, 3.05) is 39.8 Å². The Morgan fingerprint density at radius 2 is 2.00 bits per heavy atom. The van der Waals surface area contributed by atoms with E-state index in [1.54, 1.807) is 7.11 Å². The minimum atomic E-state index is 0.242. The molecule has 2 heterocycles. The monoisotopic (exact) mass is 275 g/mol. The van der Waals surface area contributed by atoms with Crippen molar-refractivity contribution in [3.63, 3.8) is 0 Å². The fraction of sp³-hybridized carbons (Fsp3) is 0.533. The second-order valence-electron chi connectivity index (χ2n) is 5.41. The van der Waals surface area contributed by atoms with Crippen molar-refractivity contribution in [3.05, 3.63) is 29.3 Å². The summed E-state index contributed by atoms with van der Waals surface area (Å²) >= 11 is 0. The molecule has 0 atom stereocenters. The predicted molar refractivity (Wildman–Crippen MR) is 76.6 cm³/mol. The average Bonchev–Trinajstić information content (AvgIpc) is 2.89. The quantitative estimate of drug-likeness (QED) is 0.869. The number of carbonyl (C=O) groups is 1. The van der Waals surface area contributed by atoms with E-state index in [1.165, 1.54) is 11.1 Å². The Kier molecular flexibility index (Phi) is 3.89. The number of benzene rings is 1. The fourth-order valence-corrected chi connectivity index (χ4v) is 2.89. The number of carbonyl (C=O) groups excluding carboxylic acids is 1. The average molecular weight is 275 g/mol. The van der Waals surface area contributed by atoms with Crippen LogP contribution in [0.15, 0.2) is 18.2 Å². The molecule has 0 aromatic heterocycles. The second kappa shape index (κ2) is 5.81. The van der Waals surface area contributed by atoms with Gasteiger partial charge in [0.25, 0.3) is 0 Å². The first-order chi connectivity index (χ1) is 9.76. The molecule has 1 aromatic carbocycles. The molecule has 1 fully saturated rings. The molecule has 0 bridgehead atoms. The van der Waals surface area contributed by atoms with E-state index in [9.17, 15) is 4.79 Å². The zero-order valence-electron chi connectivity index (χ0n) is 11.9. The van der Waals surface area contributed by atoms with E-state index >= 15 is 0 Å². The first-order valence-corrected chi connectivity index (χ1v) is 7.13. The molecule has 2 aliphatic heterocycles. The number of piperazine rings is 1. The number of nitrogens with one attached hydrogen (secondary N) is 1. The first-order valence-electron chi connectivity index (χ1n) is 7.13. The topological polar surface area (TPSA) is 44.8 Å². The standard InChI is InChI=1S/C15H21N3O2/c1-20-14-3-2-12-9-17(10-13(12)8-14)11-15(19)18-6-4-16-5-7-18/h2-3,8,16H,4-7,9-11H2,1H3. The van der Waals surface area contributed by atoms with Crippen LogP contribution in [0.4, 0.5) is 0 Å². The third-order valence-electron chi connectivity index (χ3n) is 4.03. The molecule has 3 rings (SSSR count). The van der Waals surface area contributed by atoms with Crippen LogP contribution in [0.5, 0.6) is 5.75 Å². The summed E-state index contributed by atoms with van der Waals surface area (Å²) in [5, 5.41) is 3.27. The zero-order valence-corrected chi connectivity index (χ0v) is 11.9. The number of hydrogen-bond acceptors (Lipinski definition) is 4. The molecule has 20 heavy (non-hydrogen) atoms. The van der Waals surface area contributed by atoms with Crippen molar-refractivity contribution < 1.29 is 9.53 Å². The van der Waals surface area contributed by atoms with Gasteiger partial charge < -0.3 is 15.0 Å². The highest BCUT2D eigenvalue weighted by atomic mass is 16.5. The number of hydrogen-bond donors (Lipinski definition) is 1. The molecule has 0 saturated carbocycles. The summed E-state index contributed by atoms with van der Waals surface area (Å²) in [6.07, 6.45) is 0. The number of methoxy groups -OCH3 is 1. The number of nitrogens with zero attached hydrogens (tertiary/aromatic N) is 2. The zero-order chi connectivity index (χ0) is 13.9. The Morgan fingerprint density at radius 3 is 2.75 bits per heavy atom. The third kappa shape index (κ3) is 2.78. The van der Waals surface area contributed by atoms with Gasteiger partial charge in [0.15, 0.2) is 0 Å². The number of fused-ring (bicyclic) bond motifs is 1. The van der Waals surface area contributed by atoms with Crippen molar-refractivity contribution in [2.24, 2.45) is 0 Å².